The minimum Gasteiger partial charge on any atom is -0.454 e. The van der Waals surface area contributed by atoms with Gasteiger partial charge in [-0.05, 0) is 37.6 Å². The summed E-state index contributed by atoms with van der Waals surface area (Å²) < 4.78 is 10.9. The molecule has 140 valence electrons. The Kier molecular flexibility index (Phi) is 4.13. The molecule has 27 heavy (non-hydrogen) atoms. The standard InChI is InChI=1S/C20H22N4O2S/c1-13-9-16-19(21-14(2)22-20(16)27-13)24-7-5-23(6-8-24)11-15-3-4-17-18(10-15)26-12-25-17/h3-4,9-10H,5-8,11-12H2,1-2H3. The van der Waals surface area contributed by atoms with Crippen molar-refractivity contribution in [2.45, 2.75) is 20.4 Å². The lowest BCUT2D eigenvalue weighted by molar-refractivity contribution is 0.174. The summed E-state index contributed by atoms with van der Waals surface area (Å²) in [6.07, 6.45) is 0. The molecule has 0 aliphatic carbocycles. The molecule has 0 unspecified atom stereocenters. The Morgan fingerprint density at radius 2 is 1.81 bits per heavy atom. The van der Waals surface area contributed by atoms with Gasteiger partial charge >= 0.3 is 0 Å². The number of nitrogens with zero attached hydrogens (tertiary/aromatic N) is 4. The molecule has 0 amide bonds. The van der Waals surface area contributed by atoms with Gasteiger partial charge in [-0.25, -0.2) is 9.97 Å². The molecule has 6 nitrogen and oxygen atoms in total. The number of aryl methyl sites for hydroxylation is 2. The van der Waals surface area contributed by atoms with Gasteiger partial charge in [0.25, 0.3) is 0 Å². The number of rotatable bonds is 3. The molecule has 0 bridgehead atoms. The van der Waals surface area contributed by atoms with Crippen molar-refractivity contribution in [1.29, 1.82) is 0 Å². The fourth-order valence-corrected chi connectivity index (χ4v) is 4.71. The number of hydrogen-bond acceptors (Lipinski definition) is 7. The van der Waals surface area contributed by atoms with E-state index >= 15 is 0 Å². The summed E-state index contributed by atoms with van der Waals surface area (Å²) in [4.78, 5) is 16.6. The molecule has 2 aromatic heterocycles. The summed E-state index contributed by atoms with van der Waals surface area (Å²) in [6.45, 7) is 9.36. The summed E-state index contributed by atoms with van der Waals surface area (Å²) in [5.41, 5.74) is 1.27. The van der Waals surface area contributed by atoms with Crippen LogP contribution in [0, 0.1) is 13.8 Å². The van der Waals surface area contributed by atoms with Gasteiger partial charge in [-0.15, -0.1) is 11.3 Å². The fraction of sp³-hybridized carbons (Fsp3) is 0.400. The van der Waals surface area contributed by atoms with Gasteiger partial charge in [0, 0.05) is 37.6 Å². The molecule has 1 aromatic carbocycles. The van der Waals surface area contributed by atoms with E-state index in [9.17, 15) is 0 Å². The second kappa shape index (κ2) is 6.65. The molecular weight excluding hydrogens is 360 g/mol. The number of benzene rings is 1. The first-order valence-electron chi connectivity index (χ1n) is 9.26. The van der Waals surface area contributed by atoms with Crippen molar-refractivity contribution in [2.75, 3.05) is 37.9 Å². The lowest BCUT2D eigenvalue weighted by Gasteiger charge is -2.35. The van der Waals surface area contributed by atoms with E-state index in [4.69, 9.17) is 14.5 Å². The lowest BCUT2D eigenvalue weighted by Crippen LogP contribution is -2.46. The minimum atomic E-state index is 0.326. The predicted molar refractivity (Wildman–Crippen MR) is 107 cm³/mol. The molecule has 0 atom stereocenters. The maximum atomic E-state index is 5.50. The van der Waals surface area contributed by atoms with Gasteiger partial charge in [-0.3, -0.25) is 4.90 Å². The molecule has 0 radical (unpaired) electrons. The zero-order chi connectivity index (χ0) is 18.4. The minimum absolute atomic E-state index is 0.326. The van der Waals surface area contributed by atoms with E-state index in [1.807, 2.05) is 13.0 Å². The highest BCUT2D eigenvalue weighted by Gasteiger charge is 2.22. The molecular formula is C20H22N4O2S. The first-order valence-corrected chi connectivity index (χ1v) is 10.1. The molecule has 2 aliphatic heterocycles. The lowest BCUT2D eigenvalue weighted by atomic mass is 10.1. The second-order valence-corrected chi connectivity index (χ2v) is 8.36. The number of fused-ring (bicyclic) bond motifs is 2. The summed E-state index contributed by atoms with van der Waals surface area (Å²) in [6, 6.07) is 8.45. The SMILES string of the molecule is Cc1nc(N2CCN(Cc3ccc4c(c3)OCO4)CC2)c2cc(C)sc2n1. The third-order valence-electron chi connectivity index (χ3n) is 5.12. The summed E-state index contributed by atoms with van der Waals surface area (Å²) in [5.74, 6) is 3.64. The molecule has 0 N–H and O–H groups in total. The Hall–Kier alpha value is -2.38. The van der Waals surface area contributed by atoms with Crippen LogP contribution in [-0.4, -0.2) is 47.8 Å². The van der Waals surface area contributed by atoms with Crippen LogP contribution in [0.1, 0.15) is 16.3 Å². The maximum absolute atomic E-state index is 5.50. The number of anilines is 1. The average molecular weight is 382 g/mol. The van der Waals surface area contributed by atoms with Crippen molar-refractivity contribution >= 4 is 27.4 Å². The smallest absolute Gasteiger partial charge is 0.231 e. The summed E-state index contributed by atoms with van der Waals surface area (Å²) >= 11 is 1.75. The Balaban J connectivity index is 1.29. The van der Waals surface area contributed by atoms with Crippen LogP contribution >= 0.6 is 11.3 Å². The van der Waals surface area contributed by atoms with E-state index in [0.29, 0.717) is 6.79 Å². The normalized spacial score (nSPS) is 17.0. The predicted octanol–water partition coefficient (Wildman–Crippen LogP) is 3.36. The Labute approximate surface area is 162 Å². The largest absolute Gasteiger partial charge is 0.454 e. The average Bonchev–Trinajstić information content (AvgIpc) is 3.26. The van der Waals surface area contributed by atoms with Gasteiger partial charge in [0.1, 0.15) is 16.5 Å². The first-order chi connectivity index (χ1) is 13.2. The van der Waals surface area contributed by atoms with Gasteiger partial charge in [-0.1, -0.05) is 6.07 Å². The van der Waals surface area contributed by atoms with Crippen molar-refractivity contribution in [1.82, 2.24) is 14.9 Å². The molecule has 3 aromatic rings. The van der Waals surface area contributed by atoms with Crippen molar-refractivity contribution in [3.63, 3.8) is 0 Å². The van der Waals surface area contributed by atoms with E-state index in [2.05, 4.69) is 39.9 Å². The van der Waals surface area contributed by atoms with E-state index in [-0.39, 0.29) is 0 Å². The van der Waals surface area contributed by atoms with E-state index in [1.54, 1.807) is 11.3 Å². The van der Waals surface area contributed by atoms with E-state index in [1.165, 1.54) is 15.8 Å². The highest BCUT2D eigenvalue weighted by atomic mass is 32.1. The highest BCUT2D eigenvalue weighted by Crippen LogP contribution is 2.33. The molecule has 4 heterocycles. The van der Waals surface area contributed by atoms with Crippen LogP contribution in [0.15, 0.2) is 24.3 Å². The van der Waals surface area contributed by atoms with Gasteiger partial charge < -0.3 is 14.4 Å². The molecule has 7 heteroatoms. The molecule has 1 fully saturated rings. The maximum Gasteiger partial charge on any atom is 0.231 e. The van der Waals surface area contributed by atoms with Crippen molar-refractivity contribution in [3.8, 4) is 11.5 Å². The third-order valence-corrected chi connectivity index (χ3v) is 6.07. The van der Waals surface area contributed by atoms with Gasteiger partial charge in [0.15, 0.2) is 11.5 Å². The Morgan fingerprint density at radius 3 is 2.67 bits per heavy atom. The third kappa shape index (κ3) is 3.21. The second-order valence-electron chi connectivity index (χ2n) is 7.12. The van der Waals surface area contributed by atoms with Crippen LogP contribution in [0.3, 0.4) is 0 Å². The number of aromatic nitrogens is 2. The van der Waals surface area contributed by atoms with Gasteiger partial charge in [0.2, 0.25) is 6.79 Å². The van der Waals surface area contributed by atoms with Crippen LogP contribution in [0.5, 0.6) is 11.5 Å². The molecule has 5 rings (SSSR count). The van der Waals surface area contributed by atoms with Gasteiger partial charge in [0.05, 0.1) is 5.39 Å². The van der Waals surface area contributed by atoms with Crippen molar-refractivity contribution < 1.29 is 9.47 Å². The number of piperazine rings is 1. The topological polar surface area (TPSA) is 50.7 Å². The fourth-order valence-electron chi connectivity index (χ4n) is 3.79. The molecule has 0 saturated carbocycles. The summed E-state index contributed by atoms with van der Waals surface area (Å²) in [7, 11) is 0. The Bertz CT molecular complexity index is 995. The van der Waals surface area contributed by atoms with E-state index < -0.39 is 0 Å². The molecule has 2 aliphatic rings. The highest BCUT2D eigenvalue weighted by molar-refractivity contribution is 7.18. The van der Waals surface area contributed by atoms with Crippen LogP contribution in [0.4, 0.5) is 5.82 Å². The van der Waals surface area contributed by atoms with Crippen LogP contribution < -0.4 is 14.4 Å². The van der Waals surface area contributed by atoms with Crippen LogP contribution in [0.2, 0.25) is 0 Å². The monoisotopic (exact) mass is 382 g/mol. The Morgan fingerprint density at radius 1 is 1.00 bits per heavy atom. The zero-order valence-corrected chi connectivity index (χ0v) is 16.4. The number of hydrogen-bond donors (Lipinski definition) is 0. The molecule has 1 saturated heterocycles. The van der Waals surface area contributed by atoms with Gasteiger partial charge in [-0.2, -0.15) is 0 Å². The number of thiophene rings is 1. The van der Waals surface area contributed by atoms with Crippen molar-refractivity contribution in [3.05, 3.63) is 40.5 Å². The first kappa shape index (κ1) is 16.8. The van der Waals surface area contributed by atoms with Crippen molar-refractivity contribution in [2.24, 2.45) is 0 Å². The zero-order valence-electron chi connectivity index (χ0n) is 15.6. The molecule has 0 spiro atoms. The van der Waals surface area contributed by atoms with Crippen LogP contribution in [-0.2, 0) is 6.54 Å². The van der Waals surface area contributed by atoms with E-state index in [0.717, 1.165) is 60.7 Å². The number of ether oxygens (including phenoxy) is 2. The van der Waals surface area contributed by atoms with Crippen LogP contribution in [0.25, 0.3) is 10.2 Å². The summed E-state index contributed by atoms with van der Waals surface area (Å²) in [5, 5.41) is 1.19. The quantitative estimate of drug-likeness (QED) is 0.692.